The summed E-state index contributed by atoms with van der Waals surface area (Å²) >= 11 is 0. The van der Waals surface area contributed by atoms with Gasteiger partial charge in [0.1, 0.15) is 11.6 Å². The zero-order chi connectivity index (χ0) is 14.2. The Morgan fingerprint density at radius 1 is 1.30 bits per heavy atom. The van der Waals surface area contributed by atoms with Gasteiger partial charge < -0.3 is 10.1 Å². The van der Waals surface area contributed by atoms with Gasteiger partial charge in [0.2, 0.25) is 0 Å². The molecule has 2 saturated carbocycles. The summed E-state index contributed by atoms with van der Waals surface area (Å²) in [5, 5.41) is 3.52. The smallest absolute Gasteiger partial charge is 0.129 e. The van der Waals surface area contributed by atoms with Crippen LogP contribution in [0.5, 0.6) is 0 Å². The average Bonchev–Trinajstić information content (AvgIpc) is 2.32. The molecule has 2 aliphatic rings. The van der Waals surface area contributed by atoms with Crippen molar-refractivity contribution in [3.05, 3.63) is 35.4 Å². The summed E-state index contributed by atoms with van der Waals surface area (Å²) in [6, 6.07) is 4.32. The van der Waals surface area contributed by atoms with E-state index in [9.17, 15) is 8.78 Å². The molecule has 1 aromatic rings. The molecule has 0 aromatic heterocycles. The SMILES string of the molecule is COC1(CNC2CC(c3ccc(F)cc3F)C2)CCC1. The van der Waals surface area contributed by atoms with E-state index >= 15 is 0 Å². The monoisotopic (exact) mass is 281 g/mol. The number of hydrogen-bond donors (Lipinski definition) is 1. The van der Waals surface area contributed by atoms with Crippen LogP contribution in [0.25, 0.3) is 0 Å². The molecule has 0 aliphatic heterocycles. The van der Waals surface area contributed by atoms with E-state index in [1.807, 2.05) is 0 Å². The average molecular weight is 281 g/mol. The number of methoxy groups -OCH3 is 1. The van der Waals surface area contributed by atoms with Crippen molar-refractivity contribution in [2.45, 2.75) is 49.7 Å². The van der Waals surface area contributed by atoms with Crippen molar-refractivity contribution in [2.75, 3.05) is 13.7 Å². The summed E-state index contributed by atoms with van der Waals surface area (Å²) in [5.41, 5.74) is 0.682. The topological polar surface area (TPSA) is 21.3 Å². The Balaban J connectivity index is 1.49. The minimum atomic E-state index is -0.507. The van der Waals surface area contributed by atoms with Crippen LogP contribution in [0.3, 0.4) is 0 Å². The van der Waals surface area contributed by atoms with Crippen molar-refractivity contribution < 1.29 is 13.5 Å². The number of halogens is 2. The van der Waals surface area contributed by atoms with Crippen molar-refractivity contribution in [1.29, 1.82) is 0 Å². The van der Waals surface area contributed by atoms with Crippen LogP contribution in [-0.2, 0) is 4.74 Å². The fraction of sp³-hybridized carbons (Fsp3) is 0.625. The van der Waals surface area contributed by atoms with Gasteiger partial charge in [0.25, 0.3) is 0 Å². The maximum atomic E-state index is 13.7. The third-order valence-electron chi connectivity index (χ3n) is 4.95. The molecule has 3 rings (SSSR count). The minimum Gasteiger partial charge on any atom is -0.377 e. The van der Waals surface area contributed by atoms with Crippen LogP contribution in [0, 0.1) is 11.6 Å². The maximum absolute atomic E-state index is 13.7. The molecule has 0 amide bonds. The molecule has 0 atom stereocenters. The van der Waals surface area contributed by atoms with Gasteiger partial charge >= 0.3 is 0 Å². The maximum Gasteiger partial charge on any atom is 0.129 e. The van der Waals surface area contributed by atoms with Gasteiger partial charge in [0, 0.05) is 25.8 Å². The highest BCUT2D eigenvalue weighted by atomic mass is 19.1. The van der Waals surface area contributed by atoms with E-state index in [0.29, 0.717) is 11.6 Å². The molecular formula is C16H21F2NO. The molecule has 0 bridgehead atoms. The highest BCUT2D eigenvalue weighted by Crippen LogP contribution is 2.39. The van der Waals surface area contributed by atoms with E-state index in [2.05, 4.69) is 5.32 Å². The minimum absolute atomic E-state index is 0.0339. The van der Waals surface area contributed by atoms with Crippen molar-refractivity contribution in [3.8, 4) is 0 Å². The Kier molecular flexibility index (Phi) is 3.78. The first-order valence-corrected chi connectivity index (χ1v) is 7.35. The number of ether oxygens (including phenoxy) is 1. The normalized spacial score (nSPS) is 27.8. The largest absolute Gasteiger partial charge is 0.377 e. The Morgan fingerprint density at radius 3 is 2.60 bits per heavy atom. The molecule has 1 aromatic carbocycles. The van der Waals surface area contributed by atoms with Crippen molar-refractivity contribution in [2.24, 2.45) is 0 Å². The molecule has 20 heavy (non-hydrogen) atoms. The van der Waals surface area contributed by atoms with Crippen molar-refractivity contribution in [1.82, 2.24) is 5.32 Å². The summed E-state index contributed by atoms with van der Waals surface area (Å²) in [6.45, 7) is 0.882. The number of benzene rings is 1. The van der Waals surface area contributed by atoms with Gasteiger partial charge in [-0.15, -0.1) is 0 Å². The standard InChI is InChI=1S/C16H21F2NO/c1-20-16(5-2-6-16)10-19-13-7-11(8-13)14-4-3-12(17)9-15(14)18/h3-4,9,11,13,19H,2,5-8,10H2,1H3. The van der Waals surface area contributed by atoms with Gasteiger partial charge in [-0.2, -0.15) is 0 Å². The zero-order valence-electron chi connectivity index (χ0n) is 11.8. The highest BCUT2D eigenvalue weighted by Gasteiger charge is 2.39. The van der Waals surface area contributed by atoms with Crippen LogP contribution in [0.4, 0.5) is 8.78 Å². The van der Waals surface area contributed by atoms with Crippen LogP contribution < -0.4 is 5.32 Å². The molecule has 2 nitrogen and oxygen atoms in total. The van der Waals surface area contributed by atoms with Crippen LogP contribution in [0.1, 0.15) is 43.6 Å². The molecule has 2 aliphatic carbocycles. The summed E-state index contributed by atoms with van der Waals surface area (Å²) in [7, 11) is 1.78. The summed E-state index contributed by atoms with van der Waals surface area (Å²) in [4.78, 5) is 0. The highest BCUT2D eigenvalue weighted by molar-refractivity contribution is 5.25. The lowest BCUT2D eigenvalue weighted by atomic mass is 9.74. The Bertz CT molecular complexity index is 476. The van der Waals surface area contributed by atoms with Crippen LogP contribution in [-0.4, -0.2) is 25.3 Å². The molecule has 0 heterocycles. The zero-order valence-corrected chi connectivity index (χ0v) is 11.8. The fourth-order valence-corrected chi connectivity index (χ4v) is 3.23. The fourth-order valence-electron chi connectivity index (χ4n) is 3.23. The van der Waals surface area contributed by atoms with E-state index in [-0.39, 0.29) is 11.5 Å². The van der Waals surface area contributed by atoms with Crippen molar-refractivity contribution in [3.63, 3.8) is 0 Å². The Labute approximate surface area is 118 Å². The van der Waals surface area contributed by atoms with Gasteiger partial charge in [-0.3, -0.25) is 0 Å². The third-order valence-corrected chi connectivity index (χ3v) is 4.95. The Morgan fingerprint density at radius 2 is 2.05 bits per heavy atom. The predicted octanol–water partition coefficient (Wildman–Crippen LogP) is 3.37. The lowest BCUT2D eigenvalue weighted by molar-refractivity contribution is -0.0724. The van der Waals surface area contributed by atoms with E-state index in [1.165, 1.54) is 12.5 Å². The first-order chi connectivity index (χ1) is 9.62. The number of hydrogen-bond acceptors (Lipinski definition) is 2. The van der Waals surface area contributed by atoms with E-state index < -0.39 is 11.6 Å². The first-order valence-electron chi connectivity index (χ1n) is 7.35. The molecule has 0 radical (unpaired) electrons. The van der Waals surface area contributed by atoms with Gasteiger partial charge in [-0.05, 0) is 49.7 Å². The molecule has 0 spiro atoms. The van der Waals surface area contributed by atoms with E-state index in [0.717, 1.165) is 38.3 Å². The van der Waals surface area contributed by atoms with E-state index in [1.54, 1.807) is 13.2 Å². The second-order valence-corrected chi connectivity index (χ2v) is 6.15. The second-order valence-electron chi connectivity index (χ2n) is 6.15. The van der Waals surface area contributed by atoms with Crippen LogP contribution in [0.2, 0.25) is 0 Å². The van der Waals surface area contributed by atoms with Crippen LogP contribution in [0.15, 0.2) is 18.2 Å². The Hall–Kier alpha value is -1.00. The third kappa shape index (κ3) is 2.59. The number of rotatable bonds is 5. The molecule has 4 heteroatoms. The molecular weight excluding hydrogens is 260 g/mol. The van der Waals surface area contributed by atoms with E-state index in [4.69, 9.17) is 4.74 Å². The molecule has 0 saturated heterocycles. The number of nitrogens with one attached hydrogen (secondary N) is 1. The molecule has 0 unspecified atom stereocenters. The van der Waals surface area contributed by atoms with Gasteiger partial charge in [-0.25, -0.2) is 8.78 Å². The summed E-state index contributed by atoms with van der Waals surface area (Å²) < 4.78 is 32.1. The summed E-state index contributed by atoms with van der Waals surface area (Å²) in [6.07, 6.45) is 5.33. The van der Waals surface area contributed by atoms with Gasteiger partial charge in [0.15, 0.2) is 0 Å². The summed E-state index contributed by atoms with van der Waals surface area (Å²) in [5.74, 6) is -0.707. The van der Waals surface area contributed by atoms with Crippen molar-refractivity contribution >= 4 is 0 Å². The quantitative estimate of drug-likeness (QED) is 0.893. The molecule has 1 N–H and O–H groups in total. The first kappa shape index (κ1) is 14.0. The van der Waals surface area contributed by atoms with Gasteiger partial charge in [-0.1, -0.05) is 6.07 Å². The second kappa shape index (κ2) is 5.41. The lowest BCUT2D eigenvalue weighted by Gasteiger charge is -2.44. The predicted molar refractivity (Wildman–Crippen MR) is 73.7 cm³/mol. The molecule has 110 valence electrons. The van der Waals surface area contributed by atoms with Gasteiger partial charge in [0.05, 0.1) is 5.60 Å². The van der Waals surface area contributed by atoms with Crippen LogP contribution >= 0.6 is 0 Å². The molecule has 2 fully saturated rings. The lowest BCUT2D eigenvalue weighted by Crippen LogP contribution is -2.52.